The van der Waals surface area contributed by atoms with Crippen LogP contribution in [0.2, 0.25) is 0 Å². The summed E-state index contributed by atoms with van der Waals surface area (Å²) < 4.78 is 13.2. The third kappa shape index (κ3) is 4.51. The van der Waals surface area contributed by atoms with Gasteiger partial charge in [0.15, 0.2) is 0 Å². The maximum Gasteiger partial charge on any atom is 0.238 e. The summed E-state index contributed by atoms with van der Waals surface area (Å²) in [4.78, 5) is 14.2. The zero-order chi connectivity index (χ0) is 15.4. The first-order valence-corrected chi connectivity index (χ1v) is 7.49. The van der Waals surface area contributed by atoms with Crippen LogP contribution in [0.25, 0.3) is 0 Å². The lowest BCUT2D eigenvalue weighted by atomic mass is 9.91. The number of benzene rings is 1. The van der Waals surface area contributed by atoms with Crippen LogP contribution in [0.4, 0.5) is 10.1 Å². The van der Waals surface area contributed by atoms with Crippen molar-refractivity contribution in [2.75, 3.05) is 25.0 Å². The van der Waals surface area contributed by atoms with Crippen molar-refractivity contribution in [3.8, 4) is 0 Å². The highest BCUT2D eigenvalue weighted by Gasteiger charge is 2.23. The zero-order valence-electron chi connectivity index (χ0n) is 12.7. The van der Waals surface area contributed by atoms with Gasteiger partial charge < -0.3 is 11.1 Å². The normalized spacial score (nSPS) is 18.5. The Bertz CT molecular complexity index is 496. The van der Waals surface area contributed by atoms with Crippen LogP contribution in [0.15, 0.2) is 18.2 Å². The molecule has 0 bridgehead atoms. The molecule has 3 N–H and O–H groups in total. The average Bonchev–Trinajstić information content (AvgIpc) is 2.43. The summed E-state index contributed by atoms with van der Waals surface area (Å²) >= 11 is 0. The van der Waals surface area contributed by atoms with E-state index in [1.165, 1.54) is 12.1 Å². The highest BCUT2D eigenvalue weighted by Crippen LogP contribution is 2.20. The lowest BCUT2D eigenvalue weighted by molar-refractivity contribution is -0.117. The molecule has 1 heterocycles. The molecule has 1 aliphatic rings. The number of halogens is 1. The minimum absolute atomic E-state index is 0.0945. The first-order valence-electron chi connectivity index (χ1n) is 7.49. The van der Waals surface area contributed by atoms with Gasteiger partial charge in [-0.1, -0.05) is 6.07 Å². The number of hydrogen-bond acceptors (Lipinski definition) is 3. The van der Waals surface area contributed by atoms with Crippen LogP contribution in [0, 0.1) is 18.7 Å². The summed E-state index contributed by atoms with van der Waals surface area (Å²) in [5, 5.41) is 2.79. The Kier molecular flexibility index (Phi) is 5.31. The van der Waals surface area contributed by atoms with Gasteiger partial charge in [0.2, 0.25) is 5.91 Å². The number of nitrogens with two attached hydrogens (primary N) is 1. The van der Waals surface area contributed by atoms with Crippen LogP contribution in [-0.4, -0.2) is 36.5 Å². The molecule has 1 fully saturated rings. The van der Waals surface area contributed by atoms with E-state index in [0.29, 0.717) is 18.2 Å². The van der Waals surface area contributed by atoms with Gasteiger partial charge in [0, 0.05) is 11.7 Å². The highest BCUT2D eigenvalue weighted by atomic mass is 19.1. The van der Waals surface area contributed by atoms with Crippen LogP contribution in [0.3, 0.4) is 0 Å². The maximum absolute atomic E-state index is 13.2. The van der Waals surface area contributed by atoms with Crippen molar-refractivity contribution >= 4 is 11.6 Å². The fraction of sp³-hybridized carbons (Fsp3) is 0.562. The quantitative estimate of drug-likeness (QED) is 0.894. The molecule has 1 unspecified atom stereocenters. The molecule has 1 aromatic carbocycles. The van der Waals surface area contributed by atoms with Gasteiger partial charge in [0.25, 0.3) is 0 Å². The van der Waals surface area contributed by atoms with Gasteiger partial charge in [-0.25, -0.2) is 4.39 Å². The summed E-state index contributed by atoms with van der Waals surface area (Å²) in [7, 11) is 0. The third-order valence-electron chi connectivity index (χ3n) is 4.22. The van der Waals surface area contributed by atoms with E-state index >= 15 is 0 Å². The number of hydrogen-bond donors (Lipinski definition) is 2. The standard InChI is InChI=1S/C16H24FN3O/c1-11-3-4-14(17)9-15(11)19-16(21)10-20-7-5-13(6-8-20)12(2)18/h3-4,9,12-13H,5-8,10,18H2,1-2H3,(H,19,21). The van der Waals surface area contributed by atoms with Crippen molar-refractivity contribution in [3.05, 3.63) is 29.6 Å². The van der Waals surface area contributed by atoms with Gasteiger partial charge in [0.05, 0.1) is 6.54 Å². The van der Waals surface area contributed by atoms with Crippen molar-refractivity contribution in [1.29, 1.82) is 0 Å². The Labute approximate surface area is 125 Å². The zero-order valence-corrected chi connectivity index (χ0v) is 12.7. The Morgan fingerprint density at radius 2 is 2.14 bits per heavy atom. The Morgan fingerprint density at radius 3 is 2.76 bits per heavy atom. The Balaban J connectivity index is 1.84. The second-order valence-electron chi connectivity index (χ2n) is 5.98. The topological polar surface area (TPSA) is 58.4 Å². The summed E-state index contributed by atoms with van der Waals surface area (Å²) in [5.41, 5.74) is 7.32. The van der Waals surface area contributed by atoms with Crippen molar-refractivity contribution < 1.29 is 9.18 Å². The average molecular weight is 293 g/mol. The number of amides is 1. The number of carbonyl (C=O) groups is 1. The second-order valence-corrected chi connectivity index (χ2v) is 5.98. The van der Waals surface area contributed by atoms with Gasteiger partial charge in [-0.3, -0.25) is 9.69 Å². The molecular formula is C16H24FN3O. The van der Waals surface area contributed by atoms with Crippen molar-refractivity contribution in [3.63, 3.8) is 0 Å². The first kappa shape index (κ1) is 15.9. The molecule has 1 saturated heterocycles. The van der Waals surface area contributed by atoms with E-state index < -0.39 is 0 Å². The van der Waals surface area contributed by atoms with Gasteiger partial charge in [0.1, 0.15) is 5.82 Å². The molecule has 0 aromatic heterocycles. The van der Waals surface area contributed by atoms with E-state index in [2.05, 4.69) is 10.2 Å². The number of carbonyl (C=O) groups excluding carboxylic acids is 1. The Hall–Kier alpha value is -1.46. The molecule has 5 heteroatoms. The smallest absolute Gasteiger partial charge is 0.238 e. The largest absolute Gasteiger partial charge is 0.328 e. The second kappa shape index (κ2) is 7.00. The molecule has 1 aromatic rings. The number of aryl methyl sites for hydroxylation is 1. The number of rotatable bonds is 4. The number of nitrogens with zero attached hydrogens (tertiary/aromatic N) is 1. The lowest BCUT2D eigenvalue weighted by Crippen LogP contribution is -2.42. The Morgan fingerprint density at radius 1 is 1.48 bits per heavy atom. The summed E-state index contributed by atoms with van der Waals surface area (Å²) in [6, 6.07) is 4.63. The maximum atomic E-state index is 13.2. The SMILES string of the molecule is Cc1ccc(F)cc1NC(=O)CN1CCC(C(C)N)CC1. The van der Waals surface area contributed by atoms with E-state index in [1.807, 2.05) is 13.8 Å². The lowest BCUT2D eigenvalue weighted by Gasteiger charge is -2.33. The van der Waals surface area contributed by atoms with Gasteiger partial charge >= 0.3 is 0 Å². The van der Waals surface area contributed by atoms with Gasteiger partial charge in [-0.05, 0) is 63.4 Å². The minimum Gasteiger partial charge on any atom is -0.328 e. The molecule has 4 nitrogen and oxygen atoms in total. The fourth-order valence-electron chi connectivity index (χ4n) is 2.76. The molecule has 116 valence electrons. The molecule has 0 aliphatic carbocycles. The van der Waals surface area contributed by atoms with Crippen molar-refractivity contribution in [1.82, 2.24) is 4.90 Å². The van der Waals surface area contributed by atoms with Crippen LogP contribution in [0.1, 0.15) is 25.3 Å². The molecule has 0 saturated carbocycles. The molecule has 0 radical (unpaired) electrons. The van der Waals surface area contributed by atoms with E-state index in [9.17, 15) is 9.18 Å². The number of piperidine rings is 1. The number of anilines is 1. The van der Waals surface area contributed by atoms with Crippen molar-refractivity contribution in [2.24, 2.45) is 11.7 Å². The minimum atomic E-state index is -0.339. The van der Waals surface area contributed by atoms with E-state index in [4.69, 9.17) is 5.73 Å². The van der Waals surface area contributed by atoms with E-state index in [1.54, 1.807) is 6.07 Å². The fourth-order valence-corrected chi connectivity index (χ4v) is 2.76. The summed E-state index contributed by atoms with van der Waals surface area (Å²) in [5.74, 6) is 0.117. The van der Waals surface area contributed by atoms with Crippen LogP contribution < -0.4 is 11.1 Å². The molecule has 1 aliphatic heterocycles. The van der Waals surface area contributed by atoms with E-state index in [-0.39, 0.29) is 17.8 Å². The number of nitrogens with one attached hydrogen (secondary N) is 1. The number of likely N-dealkylation sites (tertiary alicyclic amines) is 1. The van der Waals surface area contributed by atoms with Crippen LogP contribution in [0.5, 0.6) is 0 Å². The molecule has 1 atom stereocenters. The molecule has 21 heavy (non-hydrogen) atoms. The van der Waals surface area contributed by atoms with Crippen LogP contribution in [-0.2, 0) is 4.79 Å². The van der Waals surface area contributed by atoms with E-state index in [0.717, 1.165) is 31.5 Å². The third-order valence-corrected chi connectivity index (χ3v) is 4.22. The van der Waals surface area contributed by atoms with Gasteiger partial charge in [-0.2, -0.15) is 0 Å². The summed E-state index contributed by atoms with van der Waals surface area (Å²) in [6.07, 6.45) is 2.06. The monoisotopic (exact) mass is 293 g/mol. The molecule has 1 amide bonds. The molecule has 2 rings (SSSR count). The molecular weight excluding hydrogens is 269 g/mol. The predicted molar refractivity (Wildman–Crippen MR) is 82.6 cm³/mol. The molecule has 0 spiro atoms. The van der Waals surface area contributed by atoms with Crippen LogP contribution >= 0.6 is 0 Å². The first-order chi connectivity index (χ1) is 9.95. The van der Waals surface area contributed by atoms with Gasteiger partial charge in [-0.15, -0.1) is 0 Å². The predicted octanol–water partition coefficient (Wildman–Crippen LogP) is 2.13. The van der Waals surface area contributed by atoms with Crippen molar-refractivity contribution in [2.45, 2.75) is 32.7 Å². The highest BCUT2D eigenvalue weighted by molar-refractivity contribution is 5.92. The summed E-state index contributed by atoms with van der Waals surface area (Å²) in [6.45, 7) is 6.02.